The van der Waals surface area contributed by atoms with Crippen LogP contribution in [0.2, 0.25) is 0 Å². The summed E-state index contributed by atoms with van der Waals surface area (Å²) in [6.07, 6.45) is 2.36. The van der Waals surface area contributed by atoms with Gasteiger partial charge in [0.15, 0.2) is 0 Å². The largest absolute Gasteiger partial charge is 0.289 e. The van der Waals surface area contributed by atoms with Gasteiger partial charge < -0.3 is 0 Å². The average molecular weight is 332 g/mol. The lowest BCUT2D eigenvalue weighted by molar-refractivity contribution is -0.0326. The standard InChI is InChI=1S/C23H41N/c1-20(2,3)17-22(7,8)24(16-19-14-12-11-13-15-19)23(9,10)18-21(4,5)6/h11-15H,16-18H2,1-10H3. The van der Waals surface area contributed by atoms with E-state index < -0.39 is 0 Å². The van der Waals surface area contributed by atoms with Gasteiger partial charge in [-0.25, -0.2) is 0 Å². The van der Waals surface area contributed by atoms with E-state index in [0.717, 1.165) is 6.54 Å². The van der Waals surface area contributed by atoms with E-state index in [1.807, 2.05) is 0 Å². The molecule has 0 atom stereocenters. The van der Waals surface area contributed by atoms with Crippen LogP contribution in [0.15, 0.2) is 30.3 Å². The van der Waals surface area contributed by atoms with Crippen molar-refractivity contribution in [3.05, 3.63) is 35.9 Å². The lowest BCUT2D eigenvalue weighted by Gasteiger charge is -2.52. The first-order valence-corrected chi connectivity index (χ1v) is 9.44. The van der Waals surface area contributed by atoms with Crippen molar-refractivity contribution in [1.82, 2.24) is 4.90 Å². The Bertz CT molecular complexity index is 469. The Morgan fingerprint density at radius 2 is 1.00 bits per heavy atom. The first kappa shape index (κ1) is 21.2. The third-order valence-electron chi connectivity index (χ3n) is 4.57. The summed E-state index contributed by atoms with van der Waals surface area (Å²) in [5, 5.41) is 0. The molecule has 1 aromatic carbocycles. The third-order valence-corrected chi connectivity index (χ3v) is 4.57. The molecule has 0 radical (unpaired) electrons. The van der Waals surface area contributed by atoms with E-state index >= 15 is 0 Å². The Balaban J connectivity index is 3.20. The molecule has 0 N–H and O–H groups in total. The number of hydrogen-bond donors (Lipinski definition) is 0. The van der Waals surface area contributed by atoms with Crippen molar-refractivity contribution in [3.8, 4) is 0 Å². The maximum atomic E-state index is 2.74. The molecule has 1 aromatic rings. The number of nitrogens with zero attached hydrogens (tertiary/aromatic N) is 1. The van der Waals surface area contributed by atoms with Gasteiger partial charge in [-0.3, -0.25) is 4.90 Å². The summed E-state index contributed by atoms with van der Waals surface area (Å²) < 4.78 is 0. The Labute approximate surface area is 151 Å². The van der Waals surface area contributed by atoms with Crippen LogP contribution in [0.25, 0.3) is 0 Å². The van der Waals surface area contributed by atoms with E-state index in [9.17, 15) is 0 Å². The Morgan fingerprint density at radius 3 is 1.33 bits per heavy atom. The van der Waals surface area contributed by atoms with Gasteiger partial charge in [-0.2, -0.15) is 0 Å². The maximum Gasteiger partial charge on any atom is 0.0244 e. The van der Waals surface area contributed by atoms with Crippen LogP contribution in [0.4, 0.5) is 0 Å². The molecular formula is C23H41N. The van der Waals surface area contributed by atoms with Crippen molar-refractivity contribution in [1.29, 1.82) is 0 Å². The summed E-state index contributed by atoms with van der Waals surface area (Å²) in [7, 11) is 0. The van der Waals surface area contributed by atoms with Gasteiger partial charge in [0.05, 0.1) is 0 Å². The molecule has 0 saturated heterocycles. The molecule has 0 aliphatic heterocycles. The Hall–Kier alpha value is -0.820. The highest BCUT2D eigenvalue weighted by molar-refractivity contribution is 5.16. The minimum absolute atomic E-state index is 0.142. The second kappa shape index (κ2) is 7.20. The molecule has 1 rings (SSSR count). The van der Waals surface area contributed by atoms with Gasteiger partial charge in [-0.1, -0.05) is 71.9 Å². The van der Waals surface area contributed by atoms with E-state index in [-0.39, 0.29) is 11.1 Å². The molecule has 0 bridgehead atoms. The summed E-state index contributed by atoms with van der Waals surface area (Å²) in [6.45, 7) is 24.8. The molecule has 138 valence electrons. The van der Waals surface area contributed by atoms with Gasteiger partial charge >= 0.3 is 0 Å². The molecule has 0 aromatic heterocycles. The van der Waals surface area contributed by atoms with Crippen molar-refractivity contribution >= 4 is 0 Å². The number of hydrogen-bond acceptors (Lipinski definition) is 1. The van der Waals surface area contributed by atoms with Crippen LogP contribution in [-0.2, 0) is 6.54 Å². The minimum atomic E-state index is 0.142. The van der Waals surface area contributed by atoms with E-state index in [4.69, 9.17) is 0 Å². The summed E-state index contributed by atoms with van der Waals surface area (Å²) >= 11 is 0. The monoisotopic (exact) mass is 331 g/mol. The van der Waals surface area contributed by atoms with E-state index in [1.54, 1.807) is 0 Å². The lowest BCUT2D eigenvalue weighted by Crippen LogP contribution is -2.57. The molecule has 0 spiro atoms. The highest BCUT2D eigenvalue weighted by atomic mass is 15.2. The van der Waals surface area contributed by atoms with Crippen LogP contribution in [0.1, 0.15) is 87.6 Å². The zero-order valence-electron chi connectivity index (χ0n) is 18.0. The average Bonchev–Trinajstić information content (AvgIpc) is 2.31. The van der Waals surface area contributed by atoms with Crippen molar-refractivity contribution < 1.29 is 0 Å². The van der Waals surface area contributed by atoms with Gasteiger partial charge in [0.1, 0.15) is 0 Å². The fourth-order valence-corrected chi connectivity index (χ4v) is 4.80. The molecule has 0 fully saturated rings. The minimum Gasteiger partial charge on any atom is -0.289 e. The maximum absolute atomic E-state index is 2.74. The zero-order chi connectivity index (χ0) is 18.8. The molecule has 0 amide bonds. The molecule has 24 heavy (non-hydrogen) atoms. The topological polar surface area (TPSA) is 3.24 Å². The fraction of sp³-hybridized carbons (Fsp3) is 0.739. The molecular weight excluding hydrogens is 290 g/mol. The van der Waals surface area contributed by atoms with E-state index in [1.165, 1.54) is 18.4 Å². The smallest absolute Gasteiger partial charge is 0.0244 e. The zero-order valence-corrected chi connectivity index (χ0v) is 18.0. The molecule has 1 heteroatoms. The van der Waals surface area contributed by atoms with Crippen molar-refractivity contribution in [2.75, 3.05) is 0 Å². The third kappa shape index (κ3) is 6.97. The predicted octanol–water partition coefficient (Wildman–Crippen LogP) is 6.92. The first-order valence-electron chi connectivity index (χ1n) is 9.44. The molecule has 0 aliphatic rings. The van der Waals surface area contributed by atoms with Crippen LogP contribution in [0.3, 0.4) is 0 Å². The summed E-state index contributed by atoms with van der Waals surface area (Å²) in [4.78, 5) is 2.74. The van der Waals surface area contributed by atoms with Crippen LogP contribution >= 0.6 is 0 Å². The first-order chi connectivity index (χ1) is 10.6. The van der Waals surface area contributed by atoms with Crippen LogP contribution in [0, 0.1) is 10.8 Å². The van der Waals surface area contributed by atoms with E-state index in [0.29, 0.717) is 10.8 Å². The Morgan fingerprint density at radius 1 is 0.625 bits per heavy atom. The molecule has 0 unspecified atom stereocenters. The Kier molecular flexibility index (Phi) is 6.36. The lowest BCUT2D eigenvalue weighted by atomic mass is 9.75. The molecule has 0 aliphatic carbocycles. The van der Waals surface area contributed by atoms with Gasteiger partial charge in [0.2, 0.25) is 0 Å². The quantitative estimate of drug-likeness (QED) is 0.547. The second-order valence-electron chi connectivity index (χ2n) is 11.2. The number of rotatable bonds is 6. The normalized spacial score (nSPS) is 14.3. The van der Waals surface area contributed by atoms with Gasteiger partial charge in [0.25, 0.3) is 0 Å². The van der Waals surface area contributed by atoms with E-state index in [2.05, 4.69) is 104 Å². The predicted molar refractivity (Wildman–Crippen MR) is 108 cm³/mol. The summed E-state index contributed by atoms with van der Waals surface area (Å²) in [5.74, 6) is 0. The van der Waals surface area contributed by atoms with Crippen molar-refractivity contribution in [3.63, 3.8) is 0 Å². The summed E-state index contributed by atoms with van der Waals surface area (Å²) in [6, 6.07) is 10.9. The highest BCUT2D eigenvalue weighted by Crippen LogP contribution is 2.40. The molecule has 1 nitrogen and oxygen atoms in total. The summed E-state index contributed by atoms with van der Waals surface area (Å²) in [5.41, 5.74) is 2.32. The SMILES string of the molecule is CC(C)(C)CC(C)(C)N(Cc1ccccc1)C(C)(C)CC(C)(C)C. The number of benzene rings is 1. The molecule has 0 saturated carbocycles. The molecule has 0 heterocycles. The van der Waals surface area contributed by atoms with Crippen molar-refractivity contribution in [2.24, 2.45) is 10.8 Å². The van der Waals surface area contributed by atoms with Crippen LogP contribution in [-0.4, -0.2) is 16.0 Å². The van der Waals surface area contributed by atoms with Gasteiger partial charge in [-0.05, 0) is 56.9 Å². The van der Waals surface area contributed by atoms with Gasteiger partial charge in [-0.15, -0.1) is 0 Å². The van der Waals surface area contributed by atoms with Crippen molar-refractivity contribution in [2.45, 2.75) is 99.7 Å². The second-order valence-corrected chi connectivity index (χ2v) is 11.2. The van der Waals surface area contributed by atoms with Gasteiger partial charge in [0, 0.05) is 17.6 Å². The van der Waals surface area contributed by atoms with Crippen LogP contribution < -0.4 is 0 Å². The van der Waals surface area contributed by atoms with Crippen LogP contribution in [0.5, 0.6) is 0 Å². The fourth-order valence-electron chi connectivity index (χ4n) is 4.80. The highest BCUT2D eigenvalue weighted by Gasteiger charge is 2.41.